The molecule has 0 saturated carbocycles. The molecule has 2 heterocycles. The fraction of sp³-hybridized carbons (Fsp3) is 0.778. The molecule has 2 rings (SSSR count). The Morgan fingerprint density at radius 2 is 2.12 bits per heavy atom. The molecule has 1 aliphatic rings. The topological polar surface area (TPSA) is 29.0 Å². The van der Waals surface area contributed by atoms with Crippen LogP contribution in [0.25, 0.3) is 0 Å². The van der Waals surface area contributed by atoms with Gasteiger partial charge in [0.1, 0.15) is 0 Å². The Labute approximate surface area is 106 Å². The molecule has 1 fully saturated rings. The summed E-state index contributed by atoms with van der Waals surface area (Å²) >= 11 is 6.67. The Morgan fingerprint density at radius 1 is 1.41 bits per heavy atom. The number of hydrogen-bond acceptors (Lipinski definition) is 4. The highest BCUT2D eigenvalue weighted by atomic mass is 35.5. The molecule has 0 N–H and O–H groups in total. The molecule has 96 valence electrons. The van der Waals surface area contributed by atoms with Crippen molar-refractivity contribution < 1.29 is 13.2 Å². The monoisotopic (exact) mass is 285 g/mol. The van der Waals surface area contributed by atoms with E-state index in [2.05, 4.69) is 10.2 Å². The molecule has 1 aromatic heterocycles. The van der Waals surface area contributed by atoms with Crippen LogP contribution in [0.1, 0.15) is 18.4 Å². The van der Waals surface area contributed by atoms with Gasteiger partial charge in [-0.2, -0.15) is 13.2 Å². The second kappa shape index (κ2) is 4.61. The Hall–Kier alpha value is -0.560. The maximum atomic E-state index is 12.4. The highest BCUT2D eigenvalue weighted by molar-refractivity contribution is 7.15. The van der Waals surface area contributed by atoms with Crippen molar-refractivity contribution in [1.82, 2.24) is 10.2 Å². The van der Waals surface area contributed by atoms with Crippen molar-refractivity contribution in [2.75, 3.05) is 18.0 Å². The van der Waals surface area contributed by atoms with Crippen LogP contribution >= 0.6 is 22.9 Å². The molecule has 0 bridgehead atoms. The lowest BCUT2D eigenvalue weighted by atomic mass is 9.99. The number of nitrogens with zero attached hydrogens (tertiary/aromatic N) is 3. The molecule has 0 aliphatic carbocycles. The fourth-order valence-electron chi connectivity index (χ4n) is 1.65. The molecule has 0 amide bonds. The number of halogens is 4. The number of alkyl halides is 4. The van der Waals surface area contributed by atoms with E-state index in [1.165, 1.54) is 0 Å². The summed E-state index contributed by atoms with van der Waals surface area (Å²) in [6, 6.07) is 0. The predicted molar refractivity (Wildman–Crippen MR) is 60.5 cm³/mol. The molecule has 8 heteroatoms. The third kappa shape index (κ3) is 2.82. The van der Waals surface area contributed by atoms with Crippen molar-refractivity contribution >= 4 is 28.1 Å². The summed E-state index contributed by atoms with van der Waals surface area (Å²) in [5.41, 5.74) is 0. The van der Waals surface area contributed by atoms with Gasteiger partial charge in [0.2, 0.25) is 10.1 Å². The number of aromatic nitrogens is 2. The molecule has 3 nitrogen and oxygen atoms in total. The van der Waals surface area contributed by atoms with Crippen molar-refractivity contribution in [2.45, 2.75) is 24.9 Å². The van der Waals surface area contributed by atoms with E-state index in [0.29, 0.717) is 35.5 Å². The Bertz CT molecular complexity index is 395. The molecule has 1 aliphatic heterocycles. The van der Waals surface area contributed by atoms with Crippen LogP contribution in [0.2, 0.25) is 0 Å². The third-order valence-corrected chi connectivity index (χ3v) is 4.39. The molecule has 1 aromatic rings. The van der Waals surface area contributed by atoms with E-state index in [0.717, 1.165) is 6.42 Å². The van der Waals surface area contributed by atoms with Gasteiger partial charge in [0, 0.05) is 13.1 Å². The standard InChI is InChI=1S/C9H11ClF3N3S/c1-5-2-3-16(4-6(5)10)8-15-14-7(17-8)9(11,12)13/h5-6H,2-4H2,1H3. The summed E-state index contributed by atoms with van der Waals surface area (Å²) in [6.07, 6.45) is -3.56. The maximum absolute atomic E-state index is 12.4. The zero-order valence-corrected chi connectivity index (χ0v) is 10.6. The van der Waals surface area contributed by atoms with Gasteiger partial charge in [-0.1, -0.05) is 18.3 Å². The molecule has 0 spiro atoms. The molecule has 2 unspecified atom stereocenters. The van der Waals surface area contributed by atoms with Gasteiger partial charge in [-0.25, -0.2) is 0 Å². The van der Waals surface area contributed by atoms with Gasteiger partial charge in [-0.05, 0) is 12.3 Å². The second-order valence-corrected chi connectivity index (χ2v) is 5.63. The zero-order valence-electron chi connectivity index (χ0n) is 9.04. The minimum atomic E-state index is -4.42. The lowest BCUT2D eigenvalue weighted by Gasteiger charge is -2.33. The van der Waals surface area contributed by atoms with E-state index >= 15 is 0 Å². The first-order chi connectivity index (χ1) is 7.88. The third-order valence-electron chi connectivity index (χ3n) is 2.79. The SMILES string of the molecule is CC1CCN(c2nnc(C(F)(F)F)s2)CC1Cl. The van der Waals surface area contributed by atoms with E-state index in [1.54, 1.807) is 4.90 Å². The minimum absolute atomic E-state index is 0.0537. The minimum Gasteiger partial charge on any atom is -0.345 e. The first-order valence-corrected chi connectivity index (χ1v) is 6.43. The van der Waals surface area contributed by atoms with Crippen LogP contribution in [0.15, 0.2) is 0 Å². The van der Waals surface area contributed by atoms with Gasteiger partial charge < -0.3 is 4.90 Å². The molecular formula is C9H11ClF3N3S. The summed E-state index contributed by atoms with van der Waals surface area (Å²) < 4.78 is 37.1. The Balaban J connectivity index is 2.11. The van der Waals surface area contributed by atoms with Crippen molar-refractivity contribution in [3.63, 3.8) is 0 Å². The predicted octanol–water partition coefficient (Wildman–Crippen LogP) is 3.01. The molecule has 0 aromatic carbocycles. The smallest absolute Gasteiger partial charge is 0.345 e. The summed E-state index contributed by atoms with van der Waals surface area (Å²) in [5, 5.41) is 6.09. The van der Waals surface area contributed by atoms with Crippen LogP contribution in [-0.4, -0.2) is 28.7 Å². The van der Waals surface area contributed by atoms with Gasteiger partial charge in [-0.15, -0.1) is 21.8 Å². The van der Waals surface area contributed by atoms with E-state index in [9.17, 15) is 13.2 Å². The van der Waals surface area contributed by atoms with Crippen LogP contribution in [-0.2, 0) is 6.18 Å². The number of anilines is 1. The van der Waals surface area contributed by atoms with E-state index in [-0.39, 0.29) is 5.38 Å². The van der Waals surface area contributed by atoms with Crippen LogP contribution in [0, 0.1) is 5.92 Å². The van der Waals surface area contributed by atoms with Crippen molar-refractivity contribution in [3.8, 4) is 0 Å². The molecule has 0 radical (unpaired) electrons. The molecule has 17 heavy (non-hydrogen) atoms. The molecular weight excluding hydrogens is 275 g/mol. The first-order valence-electron chi connectivity index (χ1n) is 5.17. The first kappa shape index (κ1) is 12.9. The highest BCUT2D eigenvalue weighted by Crippen LogP contribution is 2.35. The van der Waals surface area contributed by atoms with Gasteiger partial charge >= 0.3 is 6.18 Å². The van der Waals surface area contributed by atoms with Crippen molar-refractivity contribution in [2.24, 2.45) is 5.92 Å². The lowest BCUT2D eigenvalue weighted by Crippen LogP contribution is -2.40. The van der Waals surface area contributed by atoms with Crippen molar-refractivity contribution in [3.05, 3.63) is 5.01 Å². The van der Waals surface area contributed by atoms with Crippen LogP contribution in [0.5, 0.6) is 0 Å². The van der Waals surface area contributed by atoms with Crippen LogP contribution in [0.3, 0.4) is 0 Å². The van der Waals surface area contributed by atoms with Crippen LogP contribution < -0.4 is 4.90 Å². The summed E-state index contributed by atoms with van der Waals surface area (Å²) in [5.74, 6) is 0.378. The number of rotatable bonds is 1. The van der Waals surface area contributed by atoms with Gasteiger partial charge in [-0.3, -0.25) is 0 Å². The van der Waals surface area contributed by atoms with E-state index in [1.807, 2.05) is 6.92 Å². The Kier molecular flexibility index (Phi) is 3.49. The van der Waals surface area contributed by atoms with Gasteiger partial charge in [0.25, 0.3) is 0 Å². The lowest BCUT2D eigenvalue weighted by molar-refractivity contribution is -0.138. The summed E-state index contributed by atoms with van der Waals surface area (Å²) in [7, 11) is 0. The average Bonchev–Trinajstić information content (AvgIpc) is 2.70. The number of hydrogen-bond donors (Lipinski definition) is 0. The Morgan fingerprint density at radius 3 is 2.65 bits per heavy atom. The highest BCUT2D eigenvalue weighted by Gasteiger charge is 2.37. The van der Waals surface area contributed by atoms with Gasteiger partial charge in [0.05, 0.1) is 5.38 Å². The maximum Gasteiger partial charge on any atom is 0.445 e. The summed E-state index contributed by atoms with van der Waals surface area (Å²) in [6.45, 7) is 3.24. The average molecular weight is 286 g/mol. The summed E-state index contributed by atoms with van der Waals surface area (Å²) in [4.78, 5) is 1.77. The molecule has 2 atom stereocenters. The van der Waals surface area contributed by atoms with E-state index in [4.69, 9.17) is 11.6 Å². The largest absolute Gasteiger partial charge is 0.445 e. The van der Waals surface area contributed by atoms with E-state index < -0.39 is 11.2 Å². The zero-order chi connectivity index (χ0) is 12.6. The number of piperidine rings is 1. The quantitative estimate of drug-likeness (QED) is 0.743. The van der Waals surface area contributed by atoms with Crippen molar-refractivity contribution in [1.29, 1.82) is 0 Å². The van der Waals surface area contributed by atoms with Gasteiger partial charge in [0.15, 0.2) is 0 Å². The second-order valence-electron chi connectivity index (χ2n) is 4.12. The normalized spacial score (nSPS) is 26.3. The molecule has 1 saturated heterocycles. The van der Waals surface area contributed by atoms with Crippen LogP contribution in [0.4, 0.5) is 18.3 Å². The fourth-order valence-corrected chi connectivity index (χ4v) is 2.69.